The summed E-state index contributed by atoms with van der Waals surface area (Å²) in [6.07, 6.45) is -3.06. The largest absolute Gasteiger partial charge is 0.511 e. The smallest absolute Gasteiger partial charge is 0.449 e. The fraction of sp³-hybridized carbons (Fsp3) is 0.111. The number of hydrogen-bond acceptors (Lipinski definition) is 4. The molecule has 0 aliphatic carbocycles. The summed E-state index contributed by atoms with van der Waals surface area (Å²) >= 11 is 0. The maximum Gasteiger partial charge on any atom is 0.511 e. The molecule has 15 heavy (non-hydrogen) atoms. The van der Waals surface area contributed by atoms with Crippen LogP contribution in [-0.2, 0) is 0 Å². The van der Waals surface area contributed by atoms with Crippen molar-refractivity contribution in [1.82, 2.24) is 0 Å². The van der Waals surface area contributed by atoms with E-state index in [0.717, 1.165) is 5.56 Å². The van der Waals surface area contributed by atoms with Gasteiger partial charge in [-0.1, -0.05) is 6.07 Å². The van der Waals surface area contributed by atoms with Crippen molar-refractivity contribution in [2.75, 3.05) is 0 Å². The quantitative estimate of drug-likeness (QED) is 0.576. The molecule has 0 saturated carbocycles. The van der Waals surface area contributed by atoms with Crippen molar-refractivity contribution in [2.45, 2.75) is 6.92 Å². The highest BCUT2D eigenvalue weighted by Gasteiger charge is 2.12. The van der Waals surface area contributed by atoms with E-state index in [1.807, 2.05) is 0 Å². The Hall–Kier alpha value is -2.24. The third-order valence-corrected chi connectivity index (χ3v) is 1.49. The van der Waals surface area contributed by atoms with Gasteiger partial charge in [-0.25, -0.2) is 9.59 Å². The SMILES string of the molecule is Cc1ccc(OC(=O)O)c(OC(=O)O)c1. The van der Waals surface area contributed by atoms with E-state index in [4.69, 9.17) is 10.2 Å². The first-order valence-corrected chi connectivity index (χ1v) is 3.91. The maximum atomic E-state index is 10.3. The monoisotopic (exact) mass is 212 g/mol. The maximum absolute atomic E-state index is 10.3. The topological polar surface area (TPSA) is 93.1 Å². The molecule has 0 spiro atoms. The van der Waals surface area contributed by atoms with Gasteiger partial charge in [0, 0.05) is 0 Å². The van der Waals surface area contributed by atoms with Crippen molar-refractivity contribution in [1.29, 1.82) is 0 Å². The van der Waals surface area contributed by atoms with Gasteiger partial charge in [-0.15, -0.1) is 0 Å². The third kappa shape index (κ3) is 3.18. The second kappa shape index (κ2) is 4.32. The van der Waals surface area contributed by atoms with Crippen LogP contribution in [0.1, 0.15) is 5.56 Å². The van der Waals surface area contributed by atoms with Gasteiger partial charge in [0.05, 0.1) is 0 Å². The Kier molecular flexibility index (Phi) is 3.12. The Bertz CT molecular complexity index is 398. The van der Waals surface area contributed by atoms with Crippen molar-refractivity contribution in [3.63, 3.8) is 0 Å². The van der Waals surface area contributed by atoms with Gasteiger partial charge in [0.15, 0.2) is 11.5 Å². The van der Waals surface area contributed by atoms with Crippen molar-refractivity contribution < 1.29 is 29.3 Å². The summed E-state index contributed by atoms with van der Waals surface area (Å²) in [5.74, 6) is -0.305. The second-order valence-corrected chi connectivity index (χ2v) is 2.69. The first-order chi connectivity index (χ1) is 6.99. The van der Waals surface area contributed by atoms with Gasteiger partial charge in [0.25, 0.3) is 0 Å². The first-order valence-electron chi connectivity index (χ1n) is 3.91. The van der Waals surface area contributed by atoms with E-state index in [1.165, 1.54) is 12.1 Å². The van der Waals surface area contributed by atoms with Crippen LogP contribution < -0.4 is 9.47 Å². The fourth-order valence-electron chi connectivity index (χ4n) is 0.967. The molecule has 6 heteroatoms. The van der Waals surface area contributed by atoms with Crippen LogP contribution in [0, 0.1) is 6.92 Å². The molecule has 0 fully saturated rings. The summed E-state index contributed by atoms with van der Waals surface area (Å²) in [6.45, 7) is 1.71. The molecule has 0 heterocycles. The van der Waals surface area contributed by atoms with Gasteiger partial charge in [-0.2, -0.15) is 0 Å². The van der Waals surface area contributed by atoms with Crippen molar-refractivity contribution >= 4 is 12.3 Å². The summed E-state index contributed by atoms with van der Waals surface area (Å²) < 4.78 is 8.68. The minimum atomic E-state index is -1.53. The highest BCUT2D eigenvalue weighted by molar-refractivity contribution is 5.67. The number of carboxylic acid groups (broad SMARTS) is 2. The molecule has 1 aromatic carbocycles. The molecule has 1 rings (SSSR count). The predicted octanol–water partition coefficient (Wildman–Crippen LogP) is 2.11. The fourth-order valence-corrected chi connectivity index (χ4v) is 0.967. The number of benzene rings is 1. The van der Waals surface area contributed by atoms with E-state index in [2.05, 4.69) is 9.47 Å². The summed E-state index contributed by atoms with van der Waals surface area (Å²) in [5.41, 5.74) is 0.726. The standard InChI is InChI=1S/C9H8O6/c1-5-2-3-6(14-8(10)11)7(4-5)15-9(12)13/h2-4H,1H3,(H,10,11)(H,12,13). The molecule has 0 aromatic heterocycles. The van der Waals surface area contributed by atoms with Crippen LogP contribution in [0.25, 0.3) is 0 Å². The van der Waals surface area contributed by atoms with Gasteiger partial charge >= 0.3 is 12.3 Å². The highest BCUT2D eigenvalue weighted by Crippen LogP contribution is 2.28. The third-order valence-electron chi connectivity index (χ3n) is 1.49. The van der Waals surface area contributed by atoms with Crippen LogP contribution in [0.5, 0.6) is 11.5 Å². The van der Waals surface area contributed by atoms with E-state index < -0.39 is 12.3 Å². The lowest BCUT2D eigenvalue weighted by Crippen LogP contribution is -2.08. The minimum Gasteiger partial charge on any atom is -0.449 e. The van der Waals surface area contributed by atoms with Gasteiger partial charge in [-0.3, -0.25) is 0 Å². The number of aryl methyl sites for hydroxylation is 1. The zero-order valence-electron chi connectivity index (χ0n) is 7.76. The van der Waals surface area contributed by atoms with Crippen LogP contribution in [0.3, 0.4) is 0 Å². The molecule has 0 unspecified atom stereocenters. The normalized spacial score (nSPS) is 9.40. The minimum absolute atomic E-state index is 0.148. The average molecular weight is 212 g/mol. The summed E-state index contributed by atoms with van der Waals surface area (Å²) in [7, 11) is 0. The molecule has 2 N–H and O–H groups in total. The lowest BCUT2D eigenvalue weighted by atomic mass is 10.2. The Labute approximate surface area is 84.7 Å². The summed E-state index contributed by atoms with van der Waals surface area (Å²) in [6, 6.07) is 4.26. The van der Waals surface area contributed by atoms with Crippen LogP contribution in [0.2, 0.25) is 0 Å². The van der Waals surface area contributed by atoms with Crippen molar-refractivity contribution in [3.05, 3.63) is 23.8 Å². The molecular weight excluding hydrogens is 204 g/mol. The molecule has 0 aliphatic heterocycles. The molecule has 0 bridgehead atoms. The van der Waals surface area contributed by atoms with Crippen LogP contribution in [0.15, 0.2) is 18.2 Å². The lowest BCUT2D eigenvalue weighted by Gasteiger charge is -2.06. The number of ether oxygens (including phenoxy) is 2. The highest BCUT2D eigenvalue weighted by atomic mass is 16.7. The van der Waals surface area contributed by atoms with Crippen LogP contribution >= 0.6 is 0 Å². The molecule has 0 amide bonds. The van der Waals surface area contributed by atoms with Crippen molar-refractivity contribution in [2.24, 2.45) is 0 Å². The Morgan fingerprint density at radius 2 is 1.60 bits per heavy atom. The molecule has 1 aromatic rings. The van der Waals surface area contributed by atoms with E-state index in [1.54, 1.807) is 13.0 Å². The van der Waals surface area contributed by atoms with E-state index >= 15 is 0 Å². The zero-order chi connectivity index (χ0) is 11.4. The Morgan fingerprint density at radius 1 is 1.07 bits per heavy atom. The van der Waals surface area contributed by atoms with Gasteiger partial charge in [-0.05, 0) is 24.6 Å². The average Bonchev–Trinajstić information content (AvgIpc) is 2.08. The molecule has 0 atom stereocenters. The Morgan fingerprint density at radius 3 is 2.13 bits per heavy atom. The molecule has 0 radical (unpaired) electrons. The van der Waals surface area contributed by atoms with Crippen LogP contribution in [-0.4, -0.2) is 22.5 Å². The van der Waals surface area contributed by atoms with Gasteiger partial charge in [0.2, 0.25) is 0 Å². The van der Waals surface area contributed by atoms with Crippen molar-refractivity contribution in [3.8, 4) is 11.5 Å². The molecule has 0 aliphatic rings. The molecule has 6 nitrogen and oxygen atoms in total. The molecule has 80 valence electrons. The van der Waals surface area contributed by atoms with E-state index in [9.17, 15) is 9.59 Å². The summed E-state index contributed by atoms with van der Waals surface area (Å²) in [5, 5.41) is 16.8. The lowest BCUT2D eigenvalue weighted by molar-refractivity contribution is 0.132. The number of rotatable bonds is 2. The van der Waals surface area contributed by atoms with E-state index in [0.29, 0.717) is 0 Å². The van der Waals surface area contributed by atoms with Gasteiger partial charge < -0.3 is 19.7 Å². The van der Waals surface area contributed by atoms with Crippen LogP contribution in [0.4, 0.5) is 9.59 Å². The molecular formula is C9H8O6. The predicted molar refractivity (Wildman–Crippen MR) is 48.5 cm³/mol. The van der Waals surface area contributed by atoms with E-state index in [-0.39, 0.29) is 11.5 Å². The molecule has 0 saturated heterocycles. The summed E-state index contributed by atoms with van der Waals surface area (Å²) in [4.78, 5) is 20.6. The number of hydrogen-bond donors (Lipinski definition) is 2. The first kappa shape index (κ1) is 10.8. The second-order valence-electron chi connectivity index (χ2n) is 2.69. The zero-order valence-corrected chi connectivity index (χ0v) is 7.76. The Balaban J connectivity index is 3.02. The van der Waals surface area contributed by atoms with Gasteiger partial charge in [0.1, 0.15) is 0 Å². The number of carbonyl (C=O) groups is 2.